The number of aromatic nitrogens is 2. The fourth-order valence-electron chi connectivity index (χ4n) is 3.16. The molecule has 0 unspecified atom stereocenters. The van der Waals surface area contributed by atoms with Crippen molar-refractivity contribution in [2.24, 2.45) is 0 Å². The van der Waals surface area contributed by atoms with Crippen LogP contribution in [-0.2, 0) is 4.79 Å². The molecule has 4 rings (SSSR count). The minimum absolute atomic E-state index is 0.175. The highest BCUT2D eigenvalue weighted by Crippen LogP contribution is 2.28. The van der Waals surface area contributed by atoms with Crippen LogP contribution in [0.2, 0.25) is 5.02 Å². The highest BCUT2D eigenvalue weighted by atomic mass is 35.5. The number of halogens is 1. The number of rotatable bonds is 6. The molecule has 0 fully saturated rings. The number of amides is 1. The van der Waals surface area contributed by atoms with Crippen LogP contribution in [-0.4, -0.2) is 22.5 Å². The second-order valence-corrected chi connectivity index (χ2v) is 7.58. The lowest BCUT2D eigenvalue weighted by atomic mass is 10.1. The Labute approximate surface area is 190 Å². The molecular weight excluding hydrogens is 424 g/mol. The molecule has 158 valence electrons. The van der Waals surface area contributed by atoms with Crippen LogP contribution in [0.1, 0.15) is 17.0 Å². The number of allylic oxidation sites excluding steroid dienone is 1. The largest absolute Gasteiger partial charge is 0.482 e. The third kappa shape index (κ3) is 4.97. The quantitative estimate of drug-likeness (QED) is 0.380. The summed E-state index contributed by atoms with van der Waals surface area (Å²) in [6.07, 6.45) is 1.70. The van der Waals surface area contributed by atoms with E-state index in [2.05, 4.69) is 21.4 Å². The fourth-order valence-corrected chi connectivity index (χ4v) is 3.40. The molecule has 0 aliphatic rings. The molecule has 1 amide bonds. The lowest BCUT2D eigenvalue weighted by Crippen LogP contribution is -2.20. The molecule has 7 heteroatoms. The maximum Gasteiger partial charge on any atom is 0.262 e. The molecule has 0 aliphatic carbocycles. The van der Waals surface area contributed by atoms with Gasteiger partial charge in [0, 0.05) is 5.69 Å². The van der Waals surface area contributed by atoms with Crippen molar-refractivity contribution in [1.29, 1.82) is 5.26 Å². The number of aryl methyl sites for hydroxylation is 1. The van der Waals surface area contributed by atoms with E-state index in [1.807, 2.05) is 43.3 Å². The number of aromatic amines is 1. The predicted octanol–water partition coefficient (Wildman–Crippen LogP) is 5.61. The predicted molar refractivity (Wildman–Crippen MR) is 126 cm³/mol. The summed E-state index contributed by atoms with van der Waals surface area (Å²) in [5.41, 5.74) is 4.56. The number of imidazole rings is 1. The molecule has 6 nitrogen and oxygen atoms in total. The second kappa shape index (κ2) is 9.38. The van der Waals surface area contributed by atoms with Crippen LogP contribution < -0.4 is 10.1 Å². The van der Waals surface area contributed by atoms with Crippen LogP contribution in [0.4, 0.5) is 5.69 Å². The molecule has 4 aromatic rings. The maximum atomic E-state index is 12.1. The SMILES string of the molecule is Cc1ccc2nc(C(C#N)=Cc3ccc(OCC(=O)Nc4ccccc4)c(Cl)c3)[nH]c2c1. The average molecular weight is 443 g/mol. The van der Waals surface area contributed by atoms with E-state index < -0.39 is 0 Å². The van der Waals surface area contributed by atoms with Gasteiger partial charge in [-0.2, -0.15) is 5.26 Å². The number of hydrogen-bond acceptors (Lipinski definition) is 4. The summed E-state index contributed by atoms with van der Waals surface area (Å²) < 4.78 is 5.54. The zero-order valence-electron chi connectivity index (χ0n) is 17.2. The highest BCUT2D eigenvalue weighted by molar-refractivity contribution is 6.32. The molecule has 3 aromatic carbocycles. The Morgan fingerprint density at radius 1 is 1.19 bits per heavy atom. The topological polar surface area (TPSA) is 90.8 Å². The van der Waals surface area contributed by atoms with E-state index in [1.54, 1.807) is 36.4 Å². The Bertz CT molecular complexity index is 1350. The first-order chi connectivity index (χ1) is 15.5. The van der Waals surface area contributed by atoms with Crippen molar-refractivity contribution < 1.29 is 9.53 Å². The summed E-state index contributed by atoms with van der Waals surface area (Å²) in [4.78, 5) is 19.7. The molecule has 1 heterocycles. The van der Waals surface area contributed by atoms with E-state index >= 15 is 0 Å². The molecule has 1 aromatic heterocycles. The van der Waals surface area contributed by atoms with Gasteiger partial charge in [0.2, 0.25) is 0 Å². The molecule has 0 atom stereocenters. The van der Waals surface area contributed by atoms with Gasteiger partial charge in [0.15, 0.2) is 6.61 Å². The van der Waals surface area contributed by atoms with Crippen molar-refractivity contribution in [2.75, 3.05) is 11.9 Å². The van der Waals surface area contributed by atoms with Gasteiger partial charge in [-0.05, 0) is 60.5 Å². The Hall–Kier alpha value is -4.08. The number of nitriles is 1. The van der Waals surface area contributed by atoms with Crippen LogP contribution in [0.3, 0.4) is 0 Å². The van der Waals surface area contributed by atoms with E-state index in [0.717, 1.165) is 16.6 Å². The molecule has 0 saturated carbocycles. The number of anilines is 1. The summed E-state index contributed by atoms with van der Waals surface area (Å²) in [5, 5.41) is 12.7. The summed E-state index contributed by atoms with van der Waals surface area (Å²) in [7, 11) is 0. The van der Waals surface area contributed by atoms with Crippen LogP contribution in [0.5, 0.6) is 5.75 Å². The lowest BCUT2D eigenvalue weighted by molar-refractivity contribution is -0.118. The number of para-hydroxylation sites is 1. The normalized spacial score (nSPS) is 11.2. The van der Waals surface area contributed by atoms with E-state index in [-0.39, 0.29) is 12.5 Å². The first-order valence-electron chi connectivity index (χ1n) is 9.87. The number of fused-ring (bicyclic) bond motifs is 1. The van der Waals surface area contributed by atoms with Gasteiger partial charge in [0.25, 0.3) is 5.91 Å². The van der Waals surface area contributed by atoms with Gasteiger partial charge in [-0.15, -0.1) is 0 Å². The third-order valence-electron chi connectivity index (χ3n) is 4.70. The maximum absolute atomic E-state index is 12.1. The van der Waals surface area contributed by atoms with Gasteiger partial charge >= 0.3 is 0 Å². The summed E-state index contributed by atoms with van der Waals surface area (Å²) in [6, 6.07) is 22.3. The zero-order valence-corrected chi connectivity index (χ0v) is 18.0. The minimum atomic E-state index is -0.289. The van der Waals surface area contributed by atoms with E-state index in [4.69, 9.17) is 16.3 Å². The van der Waals surface area contributed by atoms with Crippen molar-refractivity contribution in [2.45, 2.75) is 6.92 Å². The Balaban J connectivity index is 1.47. The van der Waals surface area contributed by atoms with E-state index in [1.165, 1.54) is 0 Å². The molecule has 0 bridgehead atoms. The first kappa shape index (κ1) is 21.2. The monoisotopic (exact) mass is 442 g/mol. The number of carbonyl (C=O) groups is 1. The molecule has 0 radical (unpaired) electrons. The standard InChI is InChI=1S/C25H19ClN4O2/c1-16-7-9-21-22(11-16)30-25(29-21)18(14-27)12-17-8-10-23(20(26)13-17)32-15-24(31)28-19-5-3-2-4-6-19/h2-13H,15H2,1H3,(H,28,31)(H,29,30). The van der Waals surface area contributed by atoms with Crippen LogP contribution in [0, 0.1) is 18.3 Å². The Kier molecular flexibility index (Phi) is 6.20. The number of carbonyl (C=O) groups excluding carboxylic acids is 1. The Morgan fingerprint density at radius 2 is 2.00 bits per heavy atom. The minimum Gasteiger partial charge on any atom is -0.482 e. The van der Waals surface area contributed by atoms with Crippen molar-refractivity contribution in [1.82, 2.24) is 9.97 Å². The summed E-state index contributed by atoms with van der Waals surface area (Å²) in [6.45, 7) is 1.82. The fraction of sp³-hybridized carbons (Fsp3) is 0.0800. The molecule has 0 aliphatic heterocycles. The van der Waals surface area contributed by atoms with Gasteiger partial charge in [0.05, 0.1) is 21.6 Å². The molecular formula is C25H19ClN4O2. The first-order valence-corrected chi connectivity index (χ1v) is 10.3. The van der Waals surface area contributed by atoms with E-state index in [0.29, 0.717) is 33.4 Å². The second-order valence-electron chi connectivity index (χ2n) is 7.17. The smallest absolute Gasteiger partial charge is 0.262 e. The van der Waals surface area contributed by atoms with Gasteiger partial charge < -0.3 is 15.0 Å². The van der Waals surface area contributed by atoms with Crippen molar-refractivity contribution in [3.8, 4) is 11.8 Å². The number of hydrogen-bond donors (Lipinski definition) is 2. The van der Waals surface area contributed by atoms with Gasteiger partial charge in [-0.25, -0.2) is 4.98 Å². The molecule has 2 N–H and O–H groups in total. The number of nitrogens with zero attached hydrogens (tertiary/aromatic N) is 2. The molecule has 32 heavy (non-hydrogen) atoms. The third-order valence-corrected chi connectivity index (χ3v) is 4.99. The average Bonchev–Trinajstić information content (AvgIpc) is 3.20. The van der Waals surface area contributed by atoms with Crippen molar-refractivity contribution in [3.63, 3.8) is 0 Å². The number of benzene rings is 3. The highest BCUT2D eigenvalue weighted by Gasteiger charge is 2.10. The number of H-pyrrole nitrogens is 1. The van der Waals surface area contributed by atoms with Crippen LogP contribution >= 0.6 is 11.6 Å². The molecule has 0 spiro atoms. The number of ether oxygens (including phenoxy) is 1. The van der Waals surface area contributed by atoms with Gasteiger partial charge in [-0.3, -0.25) is 4.79 Å². The van der Waals surface area contributed by atoms with E-state index in [9.17, 15) is 10.1 Å². The summed E-state index contributed by atoms with van der Waals surface area (Å²) >= 11 is 6.34. The van der Waals surface area contributed by atoms with Crippen molar-refractivity contribution >= 4 is 45.9 Å². The van der Waals surface area contributed by atoms with Crippen LogP contribution in [0.25, 0.3) is 22.7 Å². The Morgan fingerprint density at radius 3 is 2.75 bits per heavy atom. The molecule has 0 saturated heterocycles. The summed E-state index contributed by atoms with van der Waals surface area (Å²) in [5.74, 6) is 0.579. The number of nitrogens with one attached hydrogen (secondary N) is 2. The zero-order chi connectivity index (χ0) is 22.5. The van der Waals surface area contributed by atoms with Gasteiger partial charge in [-0.1, -0.05) is 41.9 Å². The van der Waals surface area contributed by atoms with Crippen molar-refractivity contribution in [3.05, 3.63) is 88.7 Å². The lowest BCUT2D eigenvalue weighted by Gasteiger charge is -2.09. The van der Waals surface area contributed by atoms with Crippen LogP contribution in [0.15, 0.2) is 66.7 Å². The van der Waals surface area contributed by atoms with Gasteiger partial charge in [0.1, 0.15) is 17.6 Å².